The van der Waals surface area contributed by atoms with Crippen molar-refractivity contribution in [1.29, 1.82) is 0 Å². The second kappa shape index (κ2) is 4.71. The van der Waals surface area contributed by atoms with Gasteiger partial charge in [0.1, 0.15) is 0 Å². The van der Waals surface area contributed by atoms with Crippen LogP contribution < -0.4 is 5.73 Å². The van der Waals surface area contributed by atoms with Gasteiger partial charge in [0.2, 0.25) is 0 Å². The topological polar surface area (TPSA) is 30.9 Å². The maximum absolute atomic E-state index is 5.80. The highest BCUT2D eigenvalue weighted by Crippen LogP contribution is 2.20. The summed E-state index contributed by atoms with van der Waals surface area (Å²) in [6.45, 7) is 6.20. The van der Waals surface area contributed by atoms with Crippen LogP contribution in [0.1, 0.15) is 26.0 Å². The Hall–Kier alpha value is -1.28. The molecule has 1 heterocycles. The molecule has 86 valence electrons. The van der Waals surface area contributed by atoms with Gasteiger partial charge in [-0.05, 0) is 29.9 Å². The lowest BCUT2D eigenvalue weighted by Crippen LogP contribution is -2.08. The Labute approximate surface area is 97.1 Å². The number of hydrogen-bond donors (Lipinski definition) is 1. The molecular formula is C14H20N2. The first-order valence-electron chi connectivity index (χ1n) is 5.99. The number of hydrogen-bond acceptors (Lipinski definition) is 1. The van der Waals surface area contributed by atoms with E-state index in [1.165, 1.54) is 23.0 Å². The molecule has 2 aromatic rings. The maximum Gasteiger partial charge on any atom is 0.0482 e. The lowest BCUT2D eigenvalue weighted by Gasteiger charge is -2.11. The normalized spacial score (nSPS) is 11.5. The first-order chi connectivity index (χ1) is 7.72. The highest BCUT2D eigenvalue weighted by molar-refractivity contribution is 5.81. The van der Waals surface area contributed by atoms with Crippen molar-refractivity contribution in [2.24, 2.45) is 11.7 Å². The summed E-state index contributed by atoms with van der Waals surface area (Å²) in [5, 5.41) is 1.30. The maximum atomic E-state index is 5.80. The summed E-state index contributed by atoms with van der Waals surface area (Å²) in [5.74, 6) is 0.729. The van der Waals surface area contributed by atoms with Crippen LogP contribution in [0.25, 0.3) is 10.9 Å². The molecule has 1 aromatic heterocycles. The smallest absolute Gasteiger partial charge is 0.0482 e. The third-order valence-corrected chi connectivity index (χ3v) is 3.04. The largest absolute Gasteiger partial charge is 0.343 e. The van der Waals surface area contributed by atoms with Crippen molar-refractivity contribution in [2.75, 3.05) is 0 Å². The molecule has 0 aliphatic heterocycles. The van der Waals surface area contributed by atoms with E-state index >= 15 is 0 Å². The van der Waals surface area contributed by atoms with E-state index in [1.807, 2.05) is 0 Å². The SMILES string of the molecule is CC(C)CCn1c(CN)cc2ccccc21. The average molecular weight is 216 g/mol. The van der Waals surface area contributed by atoms with Gasteiger partial charge in [0.15, 0.2) is 0 Å². The summed E-state index contributed by atoms with van der Waals surface area (Å²) >= 11 is 0. The fourth-order valence-electron chi connectivity index (χ4n) is 2.09. The summed E-state index contributed by atoms with van der Waals surface area (Å²) in [6.07, 6.45) is 1.20. The van der Waals surface area contributed by atoms with E-state index < -0.39 is 0 Å². The lowest BCUT2D eigenvalue weighted by atomic mass is 10.1. The molecule has 0 amide bonds. The number of para-hydroxylation sites is 1. The number of aryl methyl sites for hydroxylation is 1. The number of fused-ring (bicyclic) bond motifs is 1. The number of benzene rings is 1. The van der Waals surface area contributed by atoms with Crippen LogP contribution in [-0.4, -0.2) is 4.57 Å². The minimum absolute atomic E-state index is 0.618. The number of aromatic nitrogens is 1. The van der Waals surface area contributed by atoms with Gasteiger partial charge in [-0.15, -0.1) is 0 Å². The molecule has 2 N–H and O–H groups in total. The van der Waals surface area contributed by atoms with E-state index in [1.54, 1.807) is 0 Å². The molecule has 0 saturated heterocycles. The Morgan fingerprint density at radius 1 is 1.25 bits per heavy atom. The molecule has 2 rings (SSSR count). The zero-order valence-electron chi connectivity index (χ0n) is 10.1. The van der Waals surface area contributed by atoms with Gasteiger partial charge in [0.05, 0.1) is 0 Å². The van der Waals surface area contributed by atoms with Gasteiger partial charge >= 0.3 is 0 Å². The highest BCUT2D eigenvalue weighted by atomic mass is 15.0. The van der Waals surface area contributed by atoms with Gasteiger partial charge in [0.25, 0.3) is 0 Å². The average Bonchev–Trinajstić information content (AvgIpc) is 2.64. The Morgan fingerprint density at radius 2 is 2.00 bits per heavy atom. The van der Waals surface area contributed by atoms with Crippen LogP contribution in [0, 0.1) is 5.92 Å². The molecule has 0 unspecified atom stereocenters. The van der Waals surface area contributed by atoms with Crippen molar-refractivity contribution in [3.63, 3.8) is 0 Å². The second-order valence-electron chi connectivity index (χ2n) is 4.73. The molecule has 1 aromatic carbocycles. The molecule has 2 nitrogen and oxygen atoms in total. The zero-order chi connectivity index (χ0) is 11.5. The van der Waals surface area contributed by atoms with Gasteiger partial charge < -0.3 is 10.3 Å². The van der Waals surface area contributed by atoms with Gasteiger partial charge in [-0.25, -0.2) is 0 Å². The van der Waals surface area contributed by atoms with Crippen molar-refractivity contribution in [3.05, 3.63) is 36.0 Å². The van der Waals surface area contributed by atoms with E-state index in [9.17, 15) is 0 Å². The predicted molar refractivity (Wildman–Crippen MR) is 69.3 cm³/mol. The molecule has 0 aliphatic carbocycles. The molecule has 0 atom stereocenters. The zero-order valence-corrected chi connectivity index (χ0v) is 10.1. The Balaban J connectivity index is 2.39. The second-order valence-corrected chi connectivity index (χ2v) is 4.73. The van der Waals surface area contributed by atoms with Crippen molar-refractivity contribution in [2.45, 2.75) is 33.4 Å². The third kappa shape index (κ3) is 2.12. The minimum atomic E-state index is 0.618. The van der Waals surface area contributed by atoms with Gasteiger partial charge in [-0.2, -0.15) is 0 Å². The quantitative estimate of drug-likeness (QED) is 0.836. The molecular weight excluding hydrogens is 196 g/mol. The summed E-state index contributed by atoms with van der Waals surface area (Å²) in [6, 6.07) is 10.7. The Morgan fingerprint density at radius 3 is 2.69 bits per heavy atom. The van der Waals surface area contributed by atoms with Crippen LogP contribution in [0.2, 0.25) is 0 Å². The Bertz CT molecular complexity index is 469. The lowest BCUT2D eigenvalue weighted by molar-refractivity contribution is 0.516. The molecule has 16 heavy (non-hydrogen) atoms. The molecule has 0 saturated carbocycles. The van der Waals surface area contributed by atoms with Gasteiger partial charge in [-0.1, -0.05) is 32.0 Å². The molecule has 0 fully saturated rings. The van der Waals surface area contributed by atoms with Crippen LogP contribution in [0.15, 0.2) is 30.3 Å². The minimum Gasteiger partial charge on any atom is -0.343 e. The van der Waals surface area contributed by atoms with E-state index in [0.29, 0.717) is 6.54 Å². The fraction of sp³-hybridized carbons (Fsp3) is 0.429. The van der Waals surface area contributed by atoms with Crippen LogP contribution in [-0.2, 0) is 13.1 Å². The Kier molecular flexibility index (Phi) is 3.30. The third-order valence-electron chi connectivity index (χ3n) is 3.04. The molecule has 2 heteroatoms. The fourth-order valence-corrected chi connectivity index (χ4v) is 2.09. The van der Waals surface area contributed by atoms with Crippen molar-refractivity contribution in [1.82, 2.24) is 4.57 Å². The summed E-state index contributed by atoms with van der Waals surface area (Å²) in [5.41, 5.74) is 8.35. The standard InChI is InChI=1S/C14H20N2/c1-11(2)7-8-16-13(10-15)9-12-5-3-4-6-14(12)16/h3-6,9,11H,7-8,10,15H2,1-2H3. The number of rotatable bonds is 4. The van der Waals surface area contributed by atoms with E-state index in [4.69, 9.17) is 5.73 Å². The molecule has 0 aliphatic rings. The van der Waals surface area contributed by atoms with Crippen LogP contribution in [0.4, 0.5) is 0 Å². The van der Waals surface area contributed by atoms with Crippen LogP contribution in [0.5, 0.6) is 0 Å². The van der Waals surface area contributed by atoms with Crippen molar-refractivity contribution in [3.8, 4) is 0 Å². The summed E-state index contributed by atoms with van der Waals surface area (Å²) < 4.78 is 2.36. The first-order valence-corrected chi connectivity index (χ1v) is 5.99. The summed E-state index contributed by atoms with van der Waals surface area (Å²) in [7, 11) is 0. The summed E-state index contributed by atoms with van der Waals surface area (Å²) in [4.78, 5) is 0. The number of nitrogens with two attached hydrogens (primary N) is 1. The van der Waals surface area contributed by atoms with Crippen molar-refractivity contribution < 1.29 is 0 Å². The predicted octanol–water partition coefficient (Wildman–Crippen LogP) is 3.15. The van der Waals surface area contributed by atoms with Crippen LogP contribution in [0.3, 0.4) is 0 Å². The van der Waals surface area contributed by atoms with E-state index in [0.717, 1.165) is 12.5 Å². The van der Waals surface area contributed by atoms with Crippen LogP contribution >= 0.6 is 0 Å². The number of nitrogens with zero attached hydrogens (tertiary/aromatic N) is 1. The van der Waals surface area contributed by atoms with Crippen molar-refractivity contribution >= 4 is 10.9 Å². The van der Waals surface area contributed by atoms with Gasteiger partial charge in [0, 0.05) is 24.3 Å². The molecule has 0 radical (unpaired) electrons. The van der Waals surface area contributed by atoms with E-state index in [2.05, 4.69) is 48.7 Å². The highest BCUT2D eigenvalue weighted by Gasteiger charge is 2.07. The first kappa shape index (κ1) is 11.2. The van der Waals surface area contributed by atoms with E-state index in [-0.39, 0.29) is 0 Å². The monoisotopic (exact) mass is 216 g/mol. The van der Waals surface area contributed by atoms with Gasteiger partial charge in [-0.3, -0.25) is 0 Å². The molecule has 0 spiro atoms. The molecule has 0 bridgehead atoms.